The van der Waals surface area contributed by atoms with Gasteiger partial charge in [0.1, 0.15) is 5.60 Å². The minimum absolute atomic E-state index is 0.118. The lowest BCUT2D eigenvalue weighted by Crippen LogP contribution is -2.47. The molecule has 4 atom stereocenters. The van der Waals surface area contributed by atoms with Crippen LogP contribution in [-0.4, -0.2) is 11.0 Å². The summed E-state index contributed by atoms with van der Waals surface area (Å²) in [6.45, 7) is 0. The molecule has 2 aliphatic rings. The molecule has 0 spiro atoms. The Balaban J connectivity index is 1.67. The first kappa shape index (κ1) is 21.0. The highest BCUT2D eigenvalue weighted by atomic mass is 16.6. The Morgan fingerprint density at radius 2 is 1.06 bits per heavy atom. The van der Waals surface area contributed by atoms with Crippen molar-refractivity contribution in [3.63, 3.8) is 0 Å². The molecule has 4 unspecified atom stereocenters. The van der Waals surface area contributed by atoms with Crippen LogP contribution in [0, 0.1) is 10.1 Å². The van der Waals surface area contributed by atoms with Crippen LogP contribution in [0.3, 0.4) is 0 Å². The van der Waals surface area contributed by atoms with Gasteiger partial charge in [0.15, 0.2) is 5.60 Å². The molecule has 5 aromatic rings. The Kier molecular flexibility index (Phi) is 4.45. The van der Waals surface area contributed by atoms with E-state index in [1.165, 1.54) is 0 Å². The van der Waals surface area contributed by atoms with Crippen molar-refractivity contribution in [3.05, 3.63) is 165 Å². The number of fused-ring (bicyclic) bond motifs is 6. The number of hydrogen-bond acceptors (Lipinski definition) is 3. The van der Waals surface area contributed by atoms with Crippen LogP contribution < -0.4 is 0 Å². The third-order valence-corrected chi connectivity index (χ3v) is 7.97. The van der Waals surface area contributed by atoms with Crippen molar-refractivity contribution < 1.29 is 9.66 Å². The van der Waals surface area contributed by atoms with E-state index in [0.717, 1.165) is 38.6 Å². The van der Waals surface area contributed by atoms with Crippen molar-refractivity contribution in [3.8, 4) is 0 Å². The average molecular weight is 470 g/mol. The molecule has 5 aromatic carbocycles. The van der Waals surface area contributed by atoms with Crippen LogP contribution in [0.1, 0.15) is 33.7 Å². The first-order chi connectivity index (χ1) is 17.7. The van der Waals surface area contributed by atoms with E-state index in [-0.39, 0.29) is 4.92 Å². The summed E-state index contributed by atoms with van der Waals surface area (Å²) in [6, 6.07) is 41.1. The molecule has 36 heavy (non-hydrogen) atoms. The lowest BCUT2D eigenvalue weighted by Gasteiger charge is -2.37. The molecule has 4 nitrogen and oxygen atoms in total. The second-order valence-electron chi connectivity index (χ2n) is 9.67. The predicted octanol–water partition coefficient (Wildman–Crippen LogP) is 6.80. The number of rotatable bonds is 4. The molecule has 4 heteroatoms. The Morgan fingerprint density at radius 1 is 0.611 bits per heavy atom. The topological polar surface area (TPSA) is 52.4 Å². The summed E-state index contributed by atoms with van der Waals surface area (Å²) in [5.74, 6) is -0.523. The lowest BCUT2D eigenvalue weighted by molar-refractivity contribution is -0.539. The largest absolute Gasteiger partial charge is 0.341 e. The zero-order valence-corrected chi connectivity index (χ0v) is 19.5. The summed E-state index contributed by atoms with van der Waals surface area (Å²) in [4.78, 5) is 13.0. The van der Waals surface area contributed by atoms with Crippen molar-refractivity contribution in [2.24, 2.45) is 0 Å². The van der Waals surface area contributed by atoms with Crippen molar-refractivity contribution in [1.29, 1.82) is 0 Å². The van der Waals surface area contributed by atoms with Crippen LogP contribution in [-0.2, 0) is 15.9 Å². The van der Waals surface area contributed by atoms with E-state index in [1.54, 1.807) is 0 Å². The smallest absolute Gasteiger partial charge is 0.260 e. The quantitative estimate of drug-likeness (QED) is 0.215. The zero-order valence-electron chi connectivity index (χ0n) is 19.5. The Morgan fingerprint density at radius 3 is 1.58 bits per heavy atom. The SMILES string of the molecule is O=[N+]([O-])C1C(c2ccccc2)C2(c3ccccc3)OC1(c1ccccc1)c1cc3ccccc3cc12. The molecule has 0 N–H and O–H groups in total. The van der Waals surface area contributed by atoms with Gasteiger partial charge in [-0.3, -0.25) is 10.1 Å². The van der Waals surface area contributed by atoms with Gasteiger partial charge < -0.3 is 4.74 Å². The zero-order chi connectivity index (χ0) is 24.3. The van der Waals surface area contributed by atoms with Crippen molar-refractivity contribution in [2.75, 3.05) is 0 Å². The van der Waals surface area contributed by atoms with Crippen LogP contribution in [0.15, 0.2) is 127 Å². The molecular weight excluding hydrogens is 446 g/mol. The van der Waals surface area contributed by atoms with Gasteiger partial charge >= 0.3 is 0 Å². The lowest BCUT2D eigenvalue weighted by atomic mass is 9.61. The first-order valence-corrected chi connectivity index (χ1v) is 12.2. The third-order valence-electron chi connectivity index (χ3n) is 7.97. The Hall–Kier alpha value is -4.28. The van der Waals surface area contributed by atoms with Gasteiger partial charge in [0.25, 0.3) is 6.04 Å². The molecule has 0 saturated carbocycles. The molecule has 0 aliphatic carbocycles. The fraction of sp³-hybridized carbons (Fsp3) is 0.125. The van der Waals surface area contributed by atoms with E-state index in [0.29, 0.717) is 0 Å². The van der Waals surface area contributed by atoms with Crippen LogP contribution >= 0.6 is 0 Å². The summed E-state index contributed by atoms with van der Waals surface area (Å²) in [5.41, 5.74) is 2.26. The molecular formula is C32H23NO3. The second-order valence-corrected chi connectivity index (χ2v) is 9.67. The van der Waals surface area contributed by atoms with E-state index in [9.17, 15) is 10.1 Å². The van der Waals surface area contributed by atoms with Gasteiger partial charge in [0, 0.05) is 10.5 Å². The molecule has 0 aromatic heterocycles. The maximum absolute atomic E-state index is 13.1. The fourth-order valence-corrected chi connectivity index (χ4v) is 6.62. The second kappa shape index (κ2) is 7.61. The molecule has 1 saturated heterocycles. The monoisotopic (exact) mass is 469 g/mol. The van der Waals surface area contributed by atoms with Gasteiger partial charge in [-0.05, 0) is 45.2 Å². The van der Waals surface area contributed by atoms with Gasteiger partial charge in [0.05, 0.1) is 5.92 Å². The first-order valence-electron chi connectivity index (χ1n) is 12.2. The van der Waals surface area contributed by atoms with Crippen LogP contribution in [0.4, 0.5) is 0 Å². The minimum atomic E-state index is -1.24. The average Bonchev–Trinajstić information content (AvgIpc) is 3.42. The molecule has 1 fully saturated rings. The molecule has 2 bridgehead atoms. The summed E-state index contributed by atoms with van der Waals surface area (Å²) >= 11 is 0. The van der Waals surface area contributed by atoms with Gasteiger partial charge in [0.2, 0.25) is 0 Å². The van der Waals surface area contributed by atoms with Gasteiger partial charge in [-0.1, -0.05) is 115 Å². The summed E-state index contributed by atoms with van der Waals surface area (Å²) < 4.78 is 7.26. The number of nitrogens with zero attached hydrogens (tertiary/aromatic N) is 1. The van der Waals surface area contributed by atoms with Crippen molar-refractivity contribution in [1.82, 2.24) is 0 Å². The highest BCUT2D eigenvalue weighted by Gasteiger charge is 2.76. The molecule has 0 amide bonds. The standard InChI is InChI=1S/C32H23NO3/c34-33(35)30-29(22-12-4-1-5-13-22)31(25-16-6-2-7-17-25)27-20-23-14-10-11-15-24(23)21-28(27)32(30,36-31)26-18-8-3-9-19-26/h1-21,29-30H. The van der Waals surface area contributed by atoms with E-state index < -0.39 is 23.2 Å². The van der Waals surface area contributed by atoms with E-state index in [1.807, 2.05) is 103 Å². The molecule has 2 aliphatic heterocycles. The highest BCUT2D eigenvalue weighted by molar-refractivity contribution is 5.86. The molecule has 174 valence electrons. The summed E-state index contributed by atoms with van der Waals surface area (Å²) in [7, 11) is 0. The molecule has 0 radical (unpaired) electrons. The Bertz CT molecular complexity index is 1600. The number of nitro groups is 1. The van der Waals surface area contributed by atoms with Crippen LogP contribution in [0.25, 0.3) is 10.8 Å². The number of ether oxygens (including phenoxy) is 1. The number of hydrogen-bond donors (Lipinski definition) is 0. The van der Waals surface area contributed by atoms with Gasteiger partial charge in [-0.15, -0.1) is 0 Å². The maximum Gasteiger partial charge on any atom is 0.260 e. The van der Waals surface area contributed by atoms with Gasteiger partial charge in [-0.2, -0.15) is 0 Å². The van der Waals surface area contributed by atoms with Crippen molar-refractivity contribution >= 4 is 10.8 Å². The minimum Gasteiger partial charge on any atom is -0.341 e. The Labute approximate surface area is 208 Å². The van der Waals surface area contributed by atoms with Crippen LogP contribution in [0.2, 0.25) is 0 Å². The fourth-order valence-electron chi connectivity index (χ4n) is 6.62. The summed E-state index contributed by atoms with van der Waals surface area (Å²) in [6.07, 6.45) is 0. The maximum atomic E-state index is 13.1. The van der Waals surface area contributed by atoms with Crippen molar-refractivity contribution in [2.45, 2.75) is 23.2 Å². The molecule has 2 heterocycles. The summed E-state index contributed by atoms with van der Waals surface area (Å²) in [5, 5.41) is 15.3. The number of benzene rings is 5. The third kappa shape index (κ3) is 2.62. The van der Waals surface area contributed by atoms with E-state index in [2.05, 4.69) is 24.3 Å². The predicted molar refractivity (Wildman–Crippen MR) is 139 cm³/mol. The van der Waals surface area contributed by atoms with E-state index >= 15 is 0 Å². The van der Waals surface area contributed by atoms with Crippen LogP contribution in [0.5, 0.6) is 0 Å². The normalized spacial score (nSPS) is 26.1. The van der Waals surface area contributed by atoms with E-state index in [4.69, 9.17) is 4.74 Å². The highest BCUT2D eigenvalue weighted by Crippen LogP contribution is 2.69. The molecule has 7 rings (SSSR count). The van der Waals surface area contributed by atoms with Gasteiger partial charge in [-0.25, -0.2) is 0 Å².